The molecule has 2 rings (SSSR count). The normalized spacial score (nSPS) is 12.8. The summed E-state index contributed by atoms with van der Waals surface area (Å²) in [6, 6.07) is 8.87. The number of hydrogen-bond donors (Lipinski definition) is 1. The van der Waals surface area contributed by atoms with E-state index in [1.165, 1.54) is 140 Å². The molecule has 0 aliphatic carbocycles. The highest BCUT2D eigenvalue weighted by Gasteiger charge is 2.27. The van der Waals surface area contributed by atoms with Crippen molar-refractivity contribution >= 4 is 52.5 Å². The Morgan fingerprint density at radius 3 is 1.72 bits per heavy atom. The summed E-state index contributed by atoms with van der Waals surface area (Å²) >= 11 is 12.7. The first-order valence-corrected chi connectivity index (χ1v) is 23.1. The first kappa shape index (κ1) is 53.1. The van der Waals surface area contributed by atoms with Crippen LogP contribution in [0.3, 0.4) is 0 Å². The molecule has 0 radical (unpaired) electrons. The summed E-state index contributed by atoms with van der Waals surface area (Å²) < 4.78 is 10.7. The SMILES string of the molecule is CCCCCCCCCCCCOOC(C)OOCc1ccc(Cl)c(C(=O)C(C)C(=O)Nc2cc(C(=O)OC(C)C(=O)OCCCCCCCCCCCC)ccc2Cl)c1. The van der Waals surface area contributed by atoms with E-state index in [4.69, 9.17) is 52.2 Å². The number of halogens is 2. The molecule has 11 nitrogen and oxygen atoms in total. The van der Waals surface area contributed by atoms with Crippen LogP contribution in [0.25, 0.3) is 0 Å². The number of unbranched alkanes of at least 4 members (excludes halogenated alkanes) is 18. The monoisotopic (exact) mass is 879 g/mol. The molecule has 0 saturated heterocycles. The Hall–Kier alpha value is -3.06. The number of benzene rings is 2. The minimum absolute atomic E-state index is 0.0294. The molecular weight excluding hydrogens is 809 g/mol. The lowest BCUT2D eigenvalue weighted by Crippen LogP contribution is -2.28. The molecule has 0 aliphatic rings. The molecule has 0 heterocycles. The maximum absolute atomic E-state index is 13.5. The number of carbonyl (C=O) groups excluding carboxylic acids is 4. The largest absolute Gasteiger partial charge is 0.463 e. The topological polar surface area (TPSA) is 136 Å². The van der Waals surface area contributed by atoms with Gasteiger partial charge in [0.05, 0.1) is 40.4 Å². The van der Waals surface area contributed by atoms with Gasteiger partial charge in [-0.15, -0.1) is 0 Å². The Morgan fingerprint density at radius 2 is 1.13 bits per heavy atom. The fourth-order valence-electron chi connectivity index (χ4n) is 6.35. The lowest BCUT2D eigenvalue weighted by Gasteiger charge is -2.16. The third-order valence-electron chi connectivity index (χ3n) is 10.1. The molecular formula is C47H71Cl2NO10. The van der Waals surface area contributed by atoms with Crippen LogP contribution in [0.4, 0.5) is 5.69 Å². The van der Waals surface area contributed by atoms with E-state index in [-0.39, 0.29) is 40.1 Å². The summed E-state index contributed by atoms with van der Waals surface area (Å²) in [6.07, 6.45) is 22.0. The van der Waals surface area contributed by atoms with Crippen molar-refractivity contribution in [3.8, 4) is 0 Å². The van der Waals surface area contributed by atoms with Crippen LogP contribution in [0.2, 0.25) is 10.0 Å². The smallest absolute Gasteiger partial charge is 0.347 e. The first-order valence-electron chi connectivity index (χ1n) is 22.4. The van der Waals surface area contributed by atoms with E-state index in [1.807, 2.05) is 0 Å². The van der Waals surface area contributed by atoms with Gasteiger partial charge in [0, 0.05) is 5.56 Å². The summed E-state index contributed by atoms with van der Waals surface area (Å²) in [6.45, 7) is 9.64. The fourth-order valence-corrected chi connectivity index (χ4v) is 6.73. The Kier molecular flexibility index (Phi) is 28.9. The molecule has 0 aliphatic heterocycles. The molecule has 2 aromatic rings. The van der Waals surface area contributed by atoms with Crippen molar-refractivity contribution in [1.82, 2.24) is 0 Å². The molecule has 13 heteroatoms. The third-order valence-corrected chi connectivity index (χ3v) is 10.8. The number of hydrogen-bond acceptors (Lipinski definition) is 10. The quantitative estimate of drug-likeness (QED) is 0.0136. The van der Waals surface area contributed by atoms with Gasteiger partial charge in [0.25, 0.3) is 0 Å². The Morgan fingerprint density at radius 1 is 0.617 bits per heavy atom. The molecule has 2 aromatic carbocycles. The molecule has 0 spiro atoms. The molecule has 0 bridgehead atoms. The zero-order valence-corrected chi connectivity index (χ0v) is 38.3. The zero-order chi connectivity index (χ0) is 44.0. The van der Waals surface area contributed by atoms with Gasteiger partial charge in [-0.25, -0.2) is 29.1 Å². The second kappa shape index (κ2) is 32.6. The lowest BCUT2D eigenvalue weighted by molar-refractivity contribution is -0.461. The van der Waals surface area contributed by atoms with E-state index in [9.17, 15) is 19.2 Å². The van der Waals surface area contributed by atoms with Crippen molar-refractivity contribution in [3.05, 3.63) is 63.1 Å². The van der Waals surface area contributed by atoms with Crippen molar-refractivity contribution in [3.63, 3.8) is 0 Å². The highest BCUT2D eigenvalue weighted by atomic mass is 35.5. The van der Waals surface area contributed by atoms with Gasteiger partial charge < -0.3 is 14.8 Å². The molecule has 338 valence electrons. The van der Waals surface area contributed by atoms with E-state index in [1.54, 1.807) is 13.0 Å². The van der Waals surface area contributed by atoms with E-state index < -0.39 is 41.9 Å². The summed E-state index contributed by atoms with van der Waals surface area (Å²) in [4.78, 5) is 73.2. The van der Waals surface area contributed by atoms with Gasteiger partial charge in [0.15, 0.2) is 11.9 Å². The van der Waals surface area contributed by atoms with Crippen LogP contribution in [0.15, 0.2) is 36.4 Å². The van der Waals surface area contributed by atoms with Gasteiger partial charge in [-0.1, -0.05) is 159 Å². The van der Waals surface area contributed by atoms with Crippen LogP contribution in [-0.2, 0) is 45.2 Å². The highest BCUT2D eigenvalue weighted by molar-refractivity contribution is 6.35. The average Bonchev–Trinajstić information content (AvgIpc) is 3.23. The number of esters is 2. The number of Topliss-reactive ketones (excluding diaryl/α,β-unsaturated/α-hetero) is 1. The van der Waals surface area contributed by atoms with Crippen LogP contribution >= 0.6 is 23.2 Å². The molecule has 3 unspecified atom stereocenters. The molecule has 60 heavy (non-hydrogen) atoms. The summed E-state index contributed by atoms with van der Waals surface area (Å²) in [5, 5.41) is 2.90. The predicted octanol–water partition coefficient (Wildman–Crippen LogP) is 13.1. The number of carbonyl (C=O) groups is 4. The number of ketones is 1. The maximum Gasteiger partial charge on any atom is 0.347 e. The predicted molar refractivity (Wildman–Crippen MR) is 237 cm³/mol. The Balaban J connectivity index is 1.75. The summed E-state index contributed by atoms with van der Waals surface area (Å²) in [5.74, 6) is -3.86. The summed E-state index contributed by atoms with van der Waals surface area (Å²) in [5.41, 5.74) is 0.810. The van der Waals surface area contributed by atoms with Gasteiger partial charge in [-0.05, 0) is 69.5 Å². The number of amides is 1. The minimum Gasteiger partial charge on any atom is -0.463 e. The molecule has 0 aromatic heterocycles. The number of nitrogens with one attached hydrogen (secondary N) is 1. The van der Waals surface area contributed by atoms with Crippen LogP contribution in [-0.4, -0.2) is 49.2 Å². The van der Waals surface area contributed by atoms with E-state index in [0.717, 1.165) is 32.1 Å². The van der Waals surface area contributed by atoms with Crippen molar-refractivity contribution < 1.29 is 48.2 Å². The van der Waals surface area contributed by atoms with Crippen LogP contribution < -0.4 is 5.32 Å². The van der Waals surface area contributed by atoms with E-state index in [2.05, 4.69) is 19.2 Å². The standard InChI is InChI=1S/C47H71Cl2NO10/c1-6-8-10-12-14-16-18-20-22-24-30-55-46(53)36(4)58-47(54)39-27-29-42(49)43(33-39)50-45(52)35(3)44(51)40-32-38(26-28-41(40)48)34-57-60-37(5)59-56-31-25-23-21-19-17-15-13-11-9-7-2/h26-29,32-33,35-37H,6-25,30-31,34H2,1-5H3,(H,50,52). The third kappa shape index (κ3) is 22.7. The fraction of sp³-hybridized carbons (Fsp3) is 0.660. The molecule has 1 amide bonds. The number of anilines is 1. The van der Waals surface area contributed by atoms with Crippen molar-refractivity contribution in [2.75, 3.05) is 18.5 Å². The lowest BCUT2D eigenvalue weighted by atomic mass is 9.97. The zero-order valence-electron chi connectivity index (χ0n) is 36.8. The maximum atomic E-state index is 13.5. The first-order chi connectivity index (χ1) is 29.0. The molecule has 0 fully saturated rings. The molecule has 3 atom stereocenters. The number of rotatable bonds is 35. The molecule has 0 saturated carbocycles. The van der Waals surface area contributed by atoms with Gasteiger partial charge >= 0.3 is 11.9 Å². The van der Waals surface area contributed by atoms with Crippen LogP contribution in [0.5, 0.6) is 0 Å². The van der Waals surface area contributed by atoms with Gasteiger partial charge in [0.1, 0.15) is 6.61 Å². The highest BCUT2D eigenvalue weighted by Crippen LogP contribution is 2.27. The minimum atomic E-state index is -1.19. The van der Waals surface area contributed by atoms with Crippen LogP contribution in [0, 0.1) is 5.92 Å². The summed E-state index contributed by atoms with van der Waals surface area (Å²) in [7, 11) is 0. The van der Waals surface area contributed by atoms with Gasteiger partial charge in [-0.2, -0.15) is 0 Å². The Labute approximate surface area is 369 Å². The van der Waals surface area contributed by atoms with Gasteiger partial charge in [-0.3, -0.25) is 9.59 Å². The number of ether oxygens (including phenoxy) is 2. The van der Waals surface area contributed by atoms with E-state index >= 15 is 0 Å². The van der Waals surface area contributed by atoms with Crippen molar-refractivity contribution in [2.45, 2.75) is 182 Å². The van der Waals surface area contributed by atoms with Gasteiger partial charge in [0.2, 0.25) is 12.2 Å². The van der Waals surface area contributed by atoms with Crippen LogP contribution in [0.1, 0.15) is 189 Å². The van der Waals surface area contributed by atoms with Crippen molar-refractivity contribution in [2.24, 2.45) is 5.92 Å². The average molecular weight is 881 g/mol. The van der Waals surface area contributed by atoms with Crippen molar-refractivity contribution in [1.29, 1.82) is 0 Å². The second-order valence-corrected chi connectivity index (χ2v) is 16.3. The van der Waals surface area contributed by atoms with E-state index in [0.29, 0.717) is 12.2 Å². The molecule has 1 N–H and O–H groups in total. The second-order valence-electron chi connectivity index (χ2n) is 15.5. The Bertz CT molecular complexity index is 1540.